The van der Waals surface area contributed by atoms with Crippen molar-refractivity contribution < 1.29 is 4.79 Å². The lowest BCUT2D eigenvalue weighted by atomic mass is 10.1. The first-order valence-electron chi connectivity index (χ1n) is 4.52. The standard InChI is InChI=1S/C11H10N2OS/c1-12-11(14)9-4-2-8(3-5-9)10-6-15-7-13-10/h2-7H,1H3,(H,12,14). The Balaban J connectivity index is 2.29. The van der Waals surface area contributed by atoms with Gasteiger partial charge in [-0.2, -0.15) is 0 Å². The highest BCUT2D eigenvalue weighted by Gasteiger charge is 2.03. The molecular weight excluding hydrogens is 208 g/mol. The summed E-state index contributed by atoms with van der Waals surface area (Å²) in [5.41, 5.74) is 4.44. The van der Waals surface area contributed by atoms with Crippen LogP contribution in [0.5, 0.6) is 0 Å². The van der Waals surface area contributed by atoms with Crippen molar-refractivity contribution >= 4 is 17.2 Å². The van der Waals surface area contributed by atoms with E-state index in [4.69, 9.17) is 0 Å². The monoisotopic (exact) mass is 218 g/mol. The zero-order valence-corrected chi connectivity index (χ0v) is 9.04. The molecule has 0 spiro atoms. The third-order valence-corrected chi connectivity index (χ3v) is 2.69. The summed E-state index contributed by atoms with van der Waals surface area (Å²) in [6.07, 6.45) is 0. The molecule has 1 aromatic carbocycles. The second kappa shape index (κ2) is 4.23. The van der Waals surface area contributed by atoms with Crippen molar-refractivity contribution in [2.24, 2.45) is 0 Å². The van der Waals surface area contributed by atoms with Crippen LogP contribution in [0.15, 0.2) is 35.2 Å². The topological polar surface area (TPSA) is 42.0 Å². The van der Waals surface area contributed by atoms with Gasteiger partial charge in [-0.05, 0) is 12.1 Å². The van der Waals surface area contributed by atoms with Crippen molar-refractivity contribution in [3.8, 4) is 11.3 Å². The number of thiazole rings is 1. The molecule has 0 saturated heterocycles. The van der Waals surface area contributed by atoms with E-state index in [9.17, 15) is 4.79 Å². The molecule has 0 saturated carbocycles. The predicted octanol–water partition coefficient (Wildman–Crippen LogP) is 2.17. The van der Waals surface area contributed by atoms with E-state index in [-0.39, 0.29) is 5.91 Å². The van der Waals surface area contributed by atoms with Crippen LogP contribution in [0.2, 0.25) is 0 Å². The van der Waals surface area contributed by atoms with Crippen LogP contribution in [0, 0.1) is 0 Å². The molecule has 0 aliphatic rings. The summed E-state index contributed by atoms with van der Waals surface area (Å²) < 4.78 is 0. The molecule has 2 rings (SSSR count). The van der Waals surface area contributed by atoms with E-state index < -0.39 is 0 Å². The summed E-state index contributed by atoms with van der Waals surface area (Å²) in [6, 6.07) is 7.40. The van der Waals surface area contributed by atoms with Gasteiger partial charge in [-0.25, -0.2) is 4.98 Å². The fourth-order valence-electron chi connectivity index (χ4n) is 1.29. The molecule has 0 aliphatic heterocycles. The fraction of sp³-hybridized carbons (Fsp3) is 0.0909. The first-order chi connectivity index (χ1) is 7.31. The molecule has 0 unspecified atom stereocenters. The summed E-state index contributed by atoms with van der Waals surface area (Å²) in [4.78, 5) is 15.5. The van der Waals surface area contributed by atoms with Gasteiger partial charge in [-0.3, -0.25) is 4.79 Å². The first kappa shape index (κ1) is 9.86. The average molecular weight is 218 g/mol. The normalized spacial score (nSPS) is 9.93. The number of nitrogens with one attached hydrogen (secondary N) is 1. The highest BCUT2D eigenvalue weighted by Crippen LogP contribution is 2.19. The number of nitrogens with zero attached hydrogens (tertiary/aromatic N) is 1. The molecule has 1 aromatic heterocycles. The quantitative estimate of drug-likeness (QED) is 0.839. The Morgan fingerprint density at radius 2 is 2.07 bits per heavy atom. The van der Waals surface area contributed by atoms with E-state index in [1.54, 1.807) is 36.0 Å². The Morgan fingerprint density at radius 1 is 1.33 bits per heavy atom. The van der Waals surface area contributed by atoms with Gasteiger partial charge < -0.3 is 5.32 Å². The molecule has 15 heavy (non-hydrogen) atoms. The van der Waals surface area contributed by atoms with Crippen molar-refractivity contribution in [3.05, 3.63) is 40.7 Å². The van der Waals surface area contributed by atoms with Gasteiger partial charge in [0.25, 0.3) is 5.91 Å². The van der Waals surface area contributed by atoms with Crippen LogP contribution in [0.1, 0.15) is 10.4 Å². The molecule has 0 fully saturated rings. The summed E-state index contributed by atoms with van der Waals surface area (Å²) >= 11 is 1.56. The number of carbonyl (C=O) groups is 1. The molecule has 1 amide bonds. The van der Waals surface area contributed by atoms with E-state index in [0.717, 1.165) is 11.3 Å². The third-order valence-electron chi connectivity index (χ3n) is 2.10. The van der Waals surface area contributed by atoms with Gasteiger partial charge in [0.15, 0.2) is 0 Å². The van der Waals surface area contributed by atoms with E-state index in [0.29, 0.717) is 5.56 Å². The minimum Gasteiger partial charge on any atom is -0.355 e. The number of rotatable bonds is 2. The van der Waals surface area contributed by atoms with E-state index in [2.05, 4.69) is 10.3 Å². The summed E-state index contributed by atoms with van der Waals surface area (Å²) in [7, 11) is 1.62. The number of hydrogen-bond donors (Lipinski definition) is 1. The molecular formula is C11H10N2OS. The lowest BCUT2D eigenvalue weighted by Gasteiger charge is -2.00. The van der Waals surface area contributed by atoms with Crippen LogP contribution in [-0.2, 0) is 0 Å². The van der Waals surface area contributed by atoms with Gasteiger partial charge in [0.05, 0.1) is 11.2 Å². The molecule has 3 nitrogen and oxygen atoms in total. The Morgan fingerprint density at radius 3 is 2.60 bits per heavy atom. The van der Waals surface area contributed by atoms with E-state index in [1.165, 1.54) is 0 Å². The second-order valence-corrected chi connectivity index (χ2v) is 3.75. The lowest BCUT2D eigenvalue weighted by Crippen LogP contribution is -2.17. The van der Waals surface area contributed by atoms with Gasteiger partial charge in [0.2, 0.25) is 0 Å². The number of benzene rings is 1. The van der Waals surface area contributed by atoms with Crippen LogP contribution >= 0.6 is 11.3 Å². The van der Waals surface area contributed by atoms with Crippen LogP contribution < -0.4 is 5.32 Å². The van der Waals surface area contributed by atoms with Gasteiger partial charge in [-0.15, -0.1) is 11.3 Å². The van der Waals surface area contributed by atoms with Crippen LogP contribution in [0.25, 0.3) is 11.3 Å². The predicted molar refractivity (Wildman–Crippen MR) is 60.9 cm³/mol. The Bertz CT molecular complexity index is 448. The number of carbonyl (C=O) groups excluding carboxylic acids is 1. The van der Waals surface area contributed by atoms with Gasteiger partial charge in [0, 0.05) is 23.6 Å². The molecule has 0 aliphatic carbocycles. The van der Waals surface area contributed by atoms with Gasteiger partial charge >= 0.3 is 0 Å². The SMILES string of the molecule is CNC(=O)c1ccc(-c2cscn2)cc1. The third kappa shape index (κ3) is 2.05. The minimum absolute atomic E-state index is 0.0696. The zero-order valence-electron chi connectivity index (χ0n) is 8.23. The van der Waals surface area contributed by atoms with E-state index >= 15 is 0 Å². The molecule has 1 N–H and O–H groups in total. The Hall–Kier alpha value is -1.68. The van der Waals surface area contributed by atoms with Crippen molar-refractivity contribution in [3.63, 3.8) is 0 Å². The summed E-state index contributed by atoms with van der Waals surface area (Å²) in [6.45, 7) is 0. The summed E-state index contributed by atoms with van der Waals surface area (Å²) in [5, 5.41) is 4.56. The van der Waals surface area contributed by atoms with Crippen LogP contribution in [0.4, 0.5) is 0 Å². The number of hydrogen-bond acceptors (Lipinski definition) is 3. The van der Waals surface area contributed by atoms with Gasteiger partial charge in [0.1, 0.15) is 0 Å². The van der Waals surface area contributed by atoms with Crippen LogP contribution in [0.3, 0.4) is 0 Å². The molecule has 1 heterocycles. The Labute approximate surface area is 91.8 Å². The smallest absolute Gasteiger partial charge is 0.251 e. The molecule has 2 aromatic rings. The fourth-order valence-corrected chi connectivity index (χ4v) is 1.85. The maximum Gasteiger partial charge on any atom is 0.251 e. The zero-order chi connectivity index (χ0) is 10.7. The molecule has 4 heteroatoms. The summed E-state index contributed by atoms with van der Waals surface area (Å²) in [5.74, 6) is -0.0696. The average Bonchev–Trinajstić information content (AvgIpc) is 2.82. The molecule has 76 valence electrons. The maximum absolute atomic E-state index is 11.3. The second-order valence-electron chi connectivity index (χ2n) is 3.03. The van der Waals surface area contributed by atoms with Crippen molar-refractivity contribution in [1.82, 2.24) is 10.3 Å². The first-order valence-corrected chi connectivity index (χ1v) is 5.46. The largest absolute Gasteiger partial charge is 0.355 e. The van der Waals surface area contributed by atoms with Crippen molar-refractivity contribution in [1.29, 1.82) is 0 Å². The lowest BCUT2D eigenvalue weighted by molar-refractivity contribution is 0.0963. The van der Waals surface area contributed by atoms with Crippen molar-refractivity contribution in [2.45, 2.75) is 0 Å². The Kier molecular flexibility index (Phi) is 2.78. The highest BCUT2D eigenvalue weighted by atomic mass is 32.1. The number of aromatic nitrogens is 1. The minimum atomic E-state index is -0.0696. The van der Waals surface area contributed by atoms with E-state index in [1.807, 2.05) is 17.5 Å². The van der Waals surface area contributed by atoms with Crippen molar-refractivity contribution in [2.75, 3.05) is 7.05 Å². The van der Waals surface area contributed by atoms with Crippen LogP contribution in [-0.4, -0.2) is 17.9 Å². The number of amides is 1. The van der Waals surface area contributed by atoms with Gasteiger partial charge in [-0.1, -0.05) is 12.1 Å². The molecule has 0 bridgehead atoms. The highest BCUT2D eigenvalue weighted by molar-refractivity contribution is 7.07. The molecule has 0 atom stereocenters. The molecule has 0 radical (unpaired) electrons. The maximum atomic E-state index is 11.3.